The number of nitrogens with zero attached hydrogens (tertiary/aromatic N) is 2. The van der Waals surface area contributed by atoms with E-state index < -0.39 is 35.2 Å². The van der Waals surface area contributed by atoms with Gasteiger partial charge in [-0.1, -0.05) is 24.3 Å². The third-order valence-corrected chi connectivity index (χ3v) is 5.53. The van der Waals surface area contributed by atoms with Crippen LogP contribution < -0.4 is 4.74 Å². The minimum Gasteiger partial charge on any atom is -0.507 e. The summed E-state index contributed by atoms with van der Waals surface area (Å²) >= 11 is 0. The van der Waals surface area contributed by atoms with Crippen molar-refractivity contribution >= 4 is 17.4 Å². The molecule has 0 radical (unpaired) electrons. The molecule has 1 fully saturated rings. The molecule has 2 heterocycles. The highest BCUT2D eigenvalue weighted by molar-refractivity contribution is 6.46. The molecule has 1 amide bonds. The molecule has 1 saturated heterocycles. The average molecular weight is 468 g/mol. The van der Waals surface area contributed by atoms with Gasteiger partial charge in [0.05, 0.1) is 29.9 Å². The Morgan fingerprint density at radius 1 is 1.06 bits per heavy atom. The van der Waals surface area contributed by atoms with Crippen molar-refractivity contribution in [2.75, 3.05) is 7.11 Å². The van der Waals surface area contributed by atoms with Crippen LogP contribution in [-0.2, 0) is 22.3 Å². The summed E-state index contributed by atoms with van der Waals surface area (Å²) < 4.78 is 44.9. The molecule has 1 N–H and O–H groups in total. The Balaban J connectivity index is 1.85. The highest BCUT2D eigenvalue weighted by Gasteiger charge is 2.46. The van der Waals surface area contributed by atoms with Crippen LogP contribution in [0.25, 0.3) is 5.76 Å². The minimum atomic E-state index is -4.56. The van der Waals surface area contributed by atoms with Gasteiger partial charge in [-0.25, -0.2) is 0 Å². The molecule has 2 aromatic carbocycles. The predicted molar refractivity (Wildman–Crippen MR) is 117 cm³/mol. The maximum absolute atomic E-state index is 13.2. The molecule has 1 aromatic heterocycles. The molecular formula is C25H19F3N2O4. The summed E-state index contributed by atoms with van der Waals surface area (Å²) in [4.78, 5) is 31.2. The van der Waals surface area contributed by atoms with Crippen molar-refractivity contribution < 1.29 is 32.6 Å². The number of carbonyl (C=O) groups is 2. The van der Waals surface area contributed by atoms with E-state index in [9.17, 15) is 27.9 Å². The predicted octanol–water partition coefficient (Wildman–Crippen LogP) is 4.73. The second kappa shape index (κ2) is 9.01. The number of likely N-dealkylation sites (tertiary alicyclic amines) is 1. The smallest absolute Gasteiger partial charge is 0.416 e. The Morgan fingerprint density at radius 3 is 2.44 bits per heavy atom. The molecule has 4 rings (SSSR count). The lowest BCUT2D eigenvalue weighted by atomic mass is 9.95. The van der Waals surface area contributed by atoms with Gasteiger partial charge in [0.2, 0.25) is 0 Å². The Morgan fingerprint density at radius 2 is 1.76 bits per heavy atom. The summed E-state index contributed by atoms with van der Waals surface area (Å²) in [5.41, 5.74) is -0.185. The molecule has 174 valence electrons. The largest absolute Gasteiger partial charge is 0.507 e. The van der Waals surface area contributed by atoms with Crippen LogP contribution in [0.3, 0.4) is 0 Å². The zero-order valence-corrected chi connectivity index (χ0v) is 17.9. The number of ketones is 1. The van der Waals surface area contributed by atoms with Gasteiger partial charge in [0.1, 0.15) is 11.5 Å². The molecular weight excluding hydrogens is 449 g/mol. The summed E-state index contributed by atoms with van der Waals surface area (Å²) in [7, 11) is 1.40. The number of benzene rings is 2. The average Bonchev–Trinajstić information content (AvgIpc) is 3.08. The summed E-state index contributed by atoms with van der Waals surface area (Å²) in [5.74, 6) is -2.03. The van der Waals surface area contributed by atoms with E-state index in [0.29, 0.717) is 5.56 Å². The van der Waals surface area contributed by atoms with Crippen LogP contribution >= 0.6 is 0 Å². The molecule has 0 spiro atoms. The number of alkyl halides is 3. The van der Waals surface area contributed by atoms with Crippen LogP contribution in [0.1, 0.15) is 28.3 Å². The Labute approximate surface area is 192 Å². The monoisotopic (exact) mass is 468 g/mol. The summed E-state index contributed by atoms with van der Waals surface area (Å²) in [6.07, 6.45) is -1.63. The minimum absolute atomic E-state index is 0.187. The van der Waals surface area contributed by atoms with Crippen molar-refractivity contribution in [3.8, 4) is 5.75 Å². The Kier molecular flexibility index (Phi) is 6.10. The first-order valence-corrected chi connectivity index (χ1v) is 10.2. The fraction of sp³-hybridized carbons (Fsp3) is 0.160. The summed E-state index contributed by atoms with van der Waals surface area (Å²) in [6, 6.07) is 13.1. The molecule has 0 bridgehead atoms. The van der Waals surface area contributed by atoms with Crippen molar-refractivity contribution in [2.45, 2.75) is 18.8 Å². The summed E-state index contributed by atoms with van der Waals surface area (Å²) in [5, 5.41) is 11.1. The van der Waals surface area contributed by atoms with Crippen LogP contribution in [0, 0.1) is 0 Å². The van der Waals surface area contributed by atoms with Gasteiger partial charge in [0.15, 0.2) is 0 Å². The van der Waals surface area contributed by atoms with Crippen molar-refractivity contribution in [2.24, 2.45) is 0 Å². The highest BCUT2D eigenvalue weighted by atomic mass is 19.4. The molecule has 1 unspecified atom stereocenters. The Hall–Kier alpha value is -4.14. The molecule has 0 saturated carbocycles. The van der Waals surface area contributed by atoms with Crippen LogP contribution in [-0.4, -0.2) is 33.8 Å². The van der Waals surface area contributed by atoms with Gasteiger partial charge >= 0.3 is 6.18 Å². The number of para-hydroxylation sites is 1. The molecule has 1 aliphatic rings. The van der Waals surface area contributed by atoms with E-state index in [1.807, 2.05) is 0 Å². The van der Waals surface area contributed by atoms with Gasteiger partial charge in [0, 0.05) is 18.9 Å². The van der Waals surface area contributed by atoms with Crippen molar-refractivity contribution in [3.63, 3.8) is 0 Å². The normalized spacial score (nSPS) is 17.8. The quantitative estimate of drug-likeness (QED) is 0.333. The van der Waals surface area contributed by atoms with Gasteiger partial charge in [-0.15, -0.1) is 0 Å². The zero-order valence-electron chi connectivity index (χ0n) is 17.9. The number of amides is 1. The number of methoxy groups -OCH3 is 1. The number of hydrogen-bond donors (Lipinski definition) is 1. The Bertz CT molecular complexity index is 1270. The number of halogens is 3. The number of aliphatic hydroxyl groups is 1. The van der Waals surface area contributed by atoms with E-state index >= 15 is 0 Å². The number of carbonyl (C=O) groups excluding carboxylic acids is 2. The second-order valence-electron chi connectivity index (χ2n) is 7.61. The fourth-order valence-corrected chi connectivity index (χ4v) is 3.96. The van der Waals surface area contributed by atoms with E-state index in [1.165, 1.54) is 37.7 Å². The number of aromatic nitrogens is 1. The third-order valence-electron chi connectivity index (χ3n) is 5.53. The number of ether oxygens (including phenoxy) is 1. The zero-order chi connectivity index (χ0) is 24.5. The lowest BCUT2D eigenvalue weighted by Gasteiger charge is -2.25. The number of rotatable bonds is 5. The van der Waals surface area contributed by atoms with Gasteiger partial charge in [-0.3, -0.25) is 14.6 Å². The van der Waals surface area contributed by atoms with Gasteiger partial charge < -0.3 is 14.7 Å². The maximum Gasteiger partial charge on any atom is 0.416 e. The van der Waals surface area contributed by atoms with Crippen LogP contribution in [0.5, 0.6) is 5.75 Å². The SMILES string of the molecule is COc1ccccc1/C(O)=C1\C(=O)C(=O)N(Cc2cccc(C(F)(F)F)c2)C1c1ccncc1. The van der Waals surface area contributed by atoms with E-state index in [0.717, 1.165) is 17.0 Å². The number of pyridine rings is 1. The van der Waals surface area contributed by atoms with Gasteiger partial charge in [-0.2, -0.15) is 13.2 Å². The number of aliphatic hydroxyl groups excluding tert-OH is 1. The maximum atomic E-state index is 13.2. The number of hydrogen-bond acceptors (Lipinski definition) is 5. The van der Waals surface area contributed by atoms with E-state index in [1.54, 1.807) is 30.3 Å². The lowest BCUT2D eigenvalue weighted by molar-refractivity contribution is -0.140. The van der Waals surface area contributed by atoms with Crippen molar-refractivity contribution in [1.29, 1.82) is 0 Å². The molecule has 3 aromatic rings. The first-order chi connectivity index (χ1) is 16.2. The molecule has 9 heteroatoms. The topological polar surface area (TPSA) is 79.7 Å². The van der Waals surface area contributed by atoms with E-state index in [-0.39, 0.29) is 29.0 Å². The fourth-order valence-electron chi connectivity index (χ4n) is 3.96. The summed E-state index contributed by atoms with van der Waals surface area (Å²) in [6.45, 7) is -0.274. The first-order valence-electron chi connectivity index (χ1n) is 10.2. The highest BCUT2D eigenvalue weighted by Crippen LogP contribution is 2.41. The molecule has 1 aliphatic heterocycles. The van der Waals surface area contributed by atoms with E-state index in [4.69, 9.17) is 4.74 Å². The third kappa shape index (κ3) is 4.24. The molecule has 6 nitrogen and oxygen atoms in total. The molecule has 0 aliphatic carbocycles. The van der Waals surface area contributed by atoms with E-state index in [2.05, 4.69) is 4.98 Å². The number of Topliss-reactive ketones (excluding diaryl/α,β-unsaturated/α-hetero) is 1. The molecule has 1 atom stereocenters. The second-order valence-corrected chi connectivity index (χ2v) is 7.61. The van der Waals surface area contributed by atoms with Gasteiger partial charge in [-0.05, 0) is 47.5 Å². The first kappa shape index (κ1) is 23.0. The van der Waals surface area contributed by atoms with Crippen LogP contribution in [0.2, 0.25) is 0 Å². The van der Waals surface area contributed by atoms with Crippen LogP contribution in [0.15, 0.2) is 78.6 Å². The lowest BCUT2D eigenvalue weighted by Crippen LogP contribution is -2.29. The van der Waals surface area contributed by atoms with Crippen molar-refractivity contribution in [1.82, 2.24) is 9.88 Å². The van der Waals surface area contributed by atoms with Crippen molar-refractivity contribution in [3.05, 3.63) is 101 Å². The standard InChI is InChI=1S/C25H19F3N2O4/c1-34-19-8-3-2-7-18(19)22(31)20-21(16-9-11-29-12-10-16)30(24(33)23(20)32)14-15-5-4-6-17(13-15)25(26,27)28/h2-13,21,31H,14H2,1H3/b22-20+. The van der Waals surface area contributed by atoms with Gasteiger partial charge in [0.25, 0.3) is 11.7 Å². The van der Waals surface area contributed by atoms with Crippen LogP contribution in [0.4, 0.5) is 13.2 Å². The molecule has 34 heavy (non-hydrogen) atoms.